The SMILES string of the molecule is O=C(CC1CCOCC1)N1CCC(C(F)(F)[C@H](O)c2c3c(cc4cn[nH]c24)CC3)CC1. The summed E-state index contributed by atoms with van der Waals surface area (Å²) in [6.07, 6.45) is 3.93. The molecule has 168 valence electrons. The molecule has 3 heterocycles. The van der Waals surface area contributed by atoms with E-state index in [9.17, 15) is 9.90 Å². The number of hydrogen-bond acceptors (Lipinski definition) is 4. The smallest absolute Gasteiger partial charge is 0.280 e. The molecule has 2 fully saturated rings. The third-order valence-corrected chi connectivity index (χ3v) is 7.46. The molecule has 31 heavy (non-hydrogen) atoms. The minimum Gasteiger partial charge on any atom is -0.382 e. The molecule has 0 spiro atoms. The Labute approximate surface area is 179 Å². The van der Waals surface area contributed by atoms with Crippen LogP contribution >= 0.6 is 0 Å². The van der Waals surface area contributed by atoms with Crippen molar-refractivity contribution >= 4 is 16.8 Å². The molecule has 2 saturated heterocycles. The van der Waals surface area contributed by atoms with Gasteiger partial charge in [0.15, 0.2) is 0 Å². The van der Waals surface area contributed by atoms with Crippen molar-refractivity contribution in [3.63, 3.8) is 0 Å². The molecule has 1 aliphatic carbocycles. The lowest BCUT2D eigenvalue weighted by Crippen LogP contribution is -2.46. The number of carbonyl (C=O) groups excluding carboxylic acids is 1. The van der Waals surface area contributed by atoms with Gasteiger partial charge in [0.05, 0.1) is 11.7 Å². The molecule has 8 heteroatoms. The van der Waals surface area contributed by atoms with Crippen LogP contribution in [0.4, 0.5) is 8.78 Å². The first kappa shape index (κ1) is 20.8. The number of aromatic amines is 1. The number of amides is 1. The molecule has 2 aromatic rings. The summed E-state index contributed by atoms with van der Waals surface area (Å²) in [6, 6.07) is 1.97. The number of nitrogens with zero attached hydrogens (tertiary/aromatic N) is 2. The van der Waals surface area contributed by atoms with Crippen molar-refractivity contribution in [2.45, 2.75) is 57.0 Å². The molecule has 0 radical (unpaired) electrons. The van der Waals surface area contributed by atoms with Crippen LogP contribution in [0.3, 0.4) is 0 Å². The fraction of sp³-hybridized carbons (Fsp3) is 0.652. The van der Waals surface area contributed by atoms with E-state index in [1.807, 2.05) is 6.07 Å². The van der Waals surface area contributed by atoms with E-state index in [0.717, 1.165) is 35.8 Å². The fourth-order valence-corrected chi connectivity index (χ4v) is 5.38. The third-order valence-electron chi connectivity index (χ3n) is 7.46. The maximum absolute atomic E-state index is 15.5. The predicted molar refractivity (Wildman–Crippen MR) is 111 cm³/mol. The van der Waals surface area contributed by atoms with Gasteiger partial charge in [0.2, 0.25) is 5.91 Å². The maximum Gasteiger partial charge on any atom is 0.280 e. The Morgan fingerprint density at radius 2 is 2.00 bits per heavy atom. The summed E-state index contributed by atoms with van der Waals surface area (Å²) in [6.45, 7) is 2.02. The van der Waals surface area contributed by atoms with Gasteiger partial charge in [-0.15, -0.1) is 0 Å². The van der Waals surface area contributed by atoms with E-state index >= 15 is 8.78 Å². The lowest BCUT2D eigenvalue weighted by molar-refractivity contribution is -0.164. The van der Waals surface area contributed by atoms with Gasteiger partial charge in [-0.05, 0) is 61.6 Å². The first-order valence-corrected chi connectivity index (χ1v) is 11.3. The quantitative estimate of drug-likeness (QED) is 0.758. The van der Waals surface area contributed by atoms with Crippen LogP contribution in [-0.4, -0.2) is 58.3 Å². The minimum atomic E-state index is -3.27. The number of carbonyl (C=O) groups is 1. The molecule has 0 unspecified atom stereocenters. The van der Waals surface area contributed by atoms with Gasteiger partial charge in [0.1, 0.15) is 6.10 Å². The summed E-state index contributed by atoms with van der Waals surface area (Å²) in [7, 11) is 0. The number of aromatic nitrogens is 2. The Morgan fingerprint density at radius 1 is 1.26 bits per heavy atom. The van der Waals surface area contributed by atoms with Crippen LogP contribution in [0.15, 0.2) is 12.3 Å². The van der Waals surface area contributed by atoms with Gasteiger partial charge in [-0.1, -0.05) is 0 Å². The number of aryl methyl sites for hydroxylation is 1. The molecule has 5 rings (SSSR count). The van der Waals surface area contributed by atoms with Crippen LogP contribution in [0, 0.1) is 11.8 Å². The summed E-state index contributed by atoms with van der Waals surface area (Å²) in [5.74, 6) is -3.84. The van der Waals surface area contributed by atoms with Gasteiger partial charge in [-0.3, -0.25) is 9.89 Å². The molecule has 1 aromatic carbocycles. The zero-order chi connectivity index (χ0) is 21.6. The Kier molecular flexibility index (Phi) is 5.46. The molecule has 2 N–H and O–H groups in total. The van der Waals surface area contributed by atoms with Crippen molar-refractivity contribution in [3.05, 3.63) is 29.0 Å². The fourth-order valence-electron chi connectivity index (χ4n) is 5.38. The number of nitrogens with one attached hydrogen (secondary N) is 1. The second-order valence-electron chi connectivity index (χ2n) is 9.25. The highest BCUT2D eigenvalue weighted by Crippen LogP contribution is 2.47. The average molecular weight is 433 g/mol. The number of benzene rings is 1. The van der Waals surface area contributed by atoms with Crippen LogP contribution in [0.2, 0.25) is 0 Å². The molecule has 6 nitrogen and oxygen atoms in total. The van der Waals surface area contributed by atoms with Crippen molar-refractivity contribution in [2.75, 3.05) is 26.3 Å². The maximum atomic E-state index is 15.5. The highest BCUT2D eigenvalue weighted by Gasteiger charge is 2.50. The molecule has 1 aromatic heterocycles. The first-order chi connectivity index (χ1) is 14.9. The molecule has 0 bridgehead atoms. The Morgan fingerprint density at radius 3 is 2.68 bits per heavy atom. The van der Waals surface area contributed by atoms with Crippen molar-refractivity contribution in [1.29, 1.82) is 0 Å². The van der Waals surface area contributed by atoms with Crippen molar-refractivity contribution in [3.8, 4) is 0 Å². The summed E-state index contributed by atoms with van der Waals surface area (Å²) in [5, 5.41) is 18.4. The van der Waals surface area contributed by atoms with Gasteiger partial charge in [0.25, 0.3) is 5.92 Å². The number of fused-ring (bicyclic) bond motifs is 2. The first-order valence-electron chi connectivity index (χ1n) is 11.3. The van der Waals surface area contributed by atoms with E-state index in [2.05, 4.69) is 10.2 Å². The van der Waals surface area contributed by atoms with Gasteiger partial charge in [-0.25, -0.2) is 8.78 Å². The van der Waals surface area contributed by atoms with Crippen LogP contribution in [0.5, 0.6) is 0 Å². The predicted octanol–water partition coefficient (Wildman–Crippen LogP) is 3.39. The summed E-state index contributed by atoms with van der Waals surface area (Å²) in [4.78, 5) is 14.3. The summed E-state index contributed by atoms with van der Waals surface area (Å²) in [5.41, 5.74) is 2.66. The molecule has 0 saturated carbocycles. The lowest BCUT2D eigenvalue weighted by Gasteiger charge is -2.39. The van der Waals surface area contributed by atoms with Crippen LogP contribution in [0.25, 0.3) is 10.9 Å². The normalized spacial score (nSPS) is 21.7. The number of hydrogen-bond donors (Lipinski definition) is 2. The number of aliphatic hydroxyl groups excluding tert-OH is 1. The number of aliphatic hydroxyl groups is 1. The monoisotopic (exact) mass is 433 g/mol. The van der Waals surface area contributed by atoms with Gasteiger partial charge in [0, 0.05) is 49.6 Å². The Hall–Kier alpha value is -2.06. The van der Waals surface area contributed by atoms with E-state index in [0.29, 0.717) is 56.1 Å². The van der Waals surface area contributed by atoms with Crippen molar-refractivity contribution in [1.82, 2.24) is 15.1 Å². The Bertz CT molecular complexity index is 962. The lowest BCUT2D eigenvalue weighted by atomic mass is 9.77. The second-order valence-corrected chi connectivity index (χ2v) is 9.25. The highest BCUT2D eigenvalue weighted by atomic mass is 19.3. The summed E-state index contributed by atoms with van der Waals surface area (Å²) < 4.78 is 36.3. The highest BCUT2D eigenvalue weighted by molar-refractivity contribution is 5.85. The van der Waals surface area contributed by atoms with Gasteiger partial charge < -0.3 is 14.7 Å². The number of H-pyrrole nitrogens is 1. The number of alkyl halides is 2. The van der Waals surface area contributed by atoms with E-state index < -0.39 is 17.9 Å². The van der Waals surface area contributed by atoms with Crippen LogP contribution < -0.4 is 0 Å². The number of piperidine rings is 1. The number of halogens is 2. The third kappa shape index (κ3) is 3.74. The molecule has 3 aliphatic rings. The van der Waals surface area contributed by atoms with E-state index in [-0.39, 0.29) is 18.7 Å². The zero-order valence-electron chi connectivity index (χ0n) is 17.6. The number of rotatable bonds is 5. The second kappa shape index (κ2) is 8.13. The molecular formula is C23H29F2N3O3. The van der Waals surface area contributed by atoms with E-state index in [1.54, 1.807) is 11.1 Å². The Balaban J connectivity index is 1.26. The van der Waals surface area contributed by atoms with Crippen LogP contribution in [0.1, 0.15) is 54.9 Å². The van der Waals surface area contributed by atoms with E-state index in [1.165, 1.54) is 0 Å². The zero-order valence-corrected chi connectivity index (χ0v) is 17.6. The molecular weight excluding hydrogens is 404 g/mol. The number of likely N-dealkylation sites (tertiary alicyclic amines) is 1. The van der Waals surface area contributed by atoms with Gasteiger partial charge in [-0.2, -0.15) is 5.10 Å². The van der Waals surface area contributed by atoms with Crippen LogP contribution in [-0.2, 0) is 22.4 Å². The van der Waals surface area contributed by atoms with Gasteiger partial charge >= 0.3 is 0 Å². The van der Waals surface area contributed by atoms with Crippen molar-refractivity contribution in [2.24, 2.45) is 11.8 Å². The minimum absolute atomic E-state index is 0.0535. The van der Waals surface area contributed by atoms with E-state index in [4.69, 9.17) is 4.74 Å². The average Bonchev–Trinajstić information content (AvgIpc) is 3.23. The topological polar surface area (TPSA) is 78.4 Å². The number of ether oxygens (including phenoxy) is 1. The molecule has 1 amide bonds. The summed E-state index contributed by atoms with van der Waals surface area (Å²) >= 11 is 0. The largest absolute Gasteiger partial charge is 0.382 e. The van der Waals surface area contributed by atoms with Crippen molar-refractivity contribution < 1.29 is 23.4 Å². The molecule has 2 aliphatic heterocycles. The molecule has 1 atom stereocenters. The standard InChI is InChI=1S/C23H29F2N3O3/c24-23(25,22(30)20-18-2-1-15(18)12-16-13-26-27-21(16)20)17-3-7-28(8-4-17)19(29)11-14-5-9-31-10-6-14/h12-14,17,22,30H,1-11H2,(H,26,27)/t22-/m1/s1.